The third kappa shape index (κ3) is 5.12. The molecule has 1 heterocycles. The van der Waals surface area contributed by atoms with Crippen LogP contribution in [-0.2, 0) is 9.53 Å². The van der Waals surface area contributed by atoms with Crippen LogP contribution in [0.15, 0.2) is 42.7 Å². The molecule has 0 aliphatic rings. The number of carbonyl (C=O) groups is 2. The summed E-state index contributed by atoms with van der Waals surface area (Å²) in [6.07, 6.45) is 3.30. The van der Waals surface area contributed by atoms with Gasteiger partial charge in [-0.15, -0.1) is 0 Å². The third-order valence-corrected chi connectivity index (χ3v) is 3.02. The van der Waals surface area contributed by atoms with Gasteiger partial charge in [0.15, 0.2) is 12.4 Å². The summed E-state index contributed by atoms with van der Waals surface area (Å²) in [4.78, 5) is 27.0. The van der Waals surface area contributed by atoms with Crippen molar-refractivity contribution in [2.24, 2.45) is 0 Å². The highest BCUT2D eigenvalue weighted by Gasteiger charge is 2.17. The Bertz CT molecular complexity index is 677. The van der Waals surface area contributed by atoms with Crippen molar-refractivity contribution in [3.05, 3.63) is 59.7 Å². The standard InChI is InChI=1S/C16H15FN2O3.ClH/c1-22-9-7-15(20)19-14-6-8-18-10-13(14)16(21)11-2-4-12(17)5-3-11;/h2-6,8,10H,7,9H2,1H3,(H,18,19,20);1H. The van der Waals surface area contributed by atoms with E-state index in [1.54, 1.807) is 12.3 Å². The SMILES string of the molecule is COCCC(=O)Nc1cc[nH+]cc1C(=O)c1ccc(F)cc1.[Cl-]. The molecule has 0 radical (unpaired) electrons. The molecular weight excluding hydrogens is 323 g/mol. The van der Waals surface area contributed by atoms with Crippen molar-refractivity contribution in [2.45, 2.75) is 6.42 Å². The van der Waals surface area contributed by atoms with Crippen molar-refractivity contribution in [1.29, 1.82) is 0 Å². The summed E-state index contributed by atoms with van der Waals surface area (Å²) in [5.41, 5.74) is 1.04. The van der Waals surface area contributed by atoms with E-state index in [9.17, 15) is 14.0 Å². The summed E-state index contributed by atoms with van der Waals surface area (Å²) in [6, 6.07) is 6.84. The minimum Gasteiger partial charge on any atom is -1.00 e. The molecule has 0 fully saturated rings. The molecule has 1 amide bonds. The lowest BCUT2D eigenvalue weighted by Crippen LogP contribution is -3.00. The predicted molar refractivity (Wildman–Crippen MR) is 78.0 cm³/mol. The van der Waals surface area contributed by atoms with E-state index >= 15 is 0 Å². The molecule has 2 N–H and O–H groups in total. The number of amides is 1. The largest absolute Gasteiger partial charge is 1.00 e. The summed E-state index contributed by atoms with van der Waals surface area (Å²) in [5, 5.41) is 2.67. The Morgan fingerprint density at radius 3 is 2.57 bits per heavy atom. The summed E-state index contributed by atoms with van der Waals surface area (Å²) < 4.78 is 17.8. The second kappa shape index (κ2) is 8.97. The Kier molecular flexibility index (Phi) is 7.31. The van der Waals surface area contributed by atoms with E-state index in [2.05, 4.69) is 10.3 Å². The molecule has 0 atom stereocenters. The molecular formula is C16H16ClFN2O3. The number of hydrogen-bond acceptors (Lipinski definition) is 3. The second-order valence-electron chi connectivity index (χ2n) is 4.60. The topological polar surface area (TPSA) is 69.5 Å². The van der Waals surface area contributed by atoms with E-state index in [4.69, 9.17) is 4.74 Å². The number of nitrogens with one attached hydrogen (secondary N) is 2. The van der Waals surface area contributed by atoms with Gasteiger partial charge in [-0.2, -0.15) is 0 Å². The molecule has 2 rings (SSSR count). The predicted octanol–water partition coefficient (Wildman–Crippen LogP) is -1.15. The molecule has 0 bridgehead atoms. The highest BCUT2D eigenvalue weighted by molar-refractivity contribution is 6.13. The van der Waals surface area contributed by atoms with Crippen molar-refractivity contribution >= 4 is 17.4 Å². The van der Waals surface area contributed by atoms with E-state index in [-0.39, 0.29) is 30.5 Å². The van der Waals surface area contributed by atoms with Gasteiger partial charge in [-0.1, -0.05) is 0 Å². The van der Waals surface area contributed by atoms with E-state index < -0.39 is 5.82 Å². The Morgan fingerprint density at radius 2 is 1.91 bits per heavy atom. The highest BCUT2D eigenvalue weighted by Crippen LogP contribution is 2.18. The maximum Gasteiger partial charge on any atom is 0.226 e. The van der Waals surface area contributed by atoms with Gasteiger partial charge in [-0.25, -0.2) is 9.37 Å². The van der Waals surface area contributed by atoms with Gasteiger partial charge in [0.25, 0.3) is 0 Å². The van der Waals surface area contributed by atoms with Crippen LogP contribution in [0.25, 0.3) is 0 Å². The van der Waals surface area contributed by atoms with Crippen molar-refractivity contribution < 1.29 is 36.1 Å². The number of pyridine rings is 1. The van der Waals surface area contributed by atoms with Gasteiger partial charge in [-0.3, -0.25) is 9.59 Å². The Hall–Kier alpha value is -2.31. The third-order valence-electron chi connectivity index (χ3n) is 3.02. The first-order chi connectivity index (χ1) is 10.6. The number of anilines is 1. The maximum atomic E-state index is 12.9. The molecule has 23 heavy (non-hydrogen) atoms. The van der Waals surface area contributed by atoms with E-state index in [0.29, 0.717) is 23.4 Å². The van der Waals surface area contributed by atoms with Crippen LogP contribution in [0.3, 0.4) is 0 Å². The molecule has 122 valence electrons. The number of H-pyrrole nitrogens is 1. The van der Waals surface area contributed by atoms with Crippen LogP contribution in [0.5, 0.6) is 0 Å². The van der Waals surface area contributed by atoms with Crippen molar-refractivity contribution in [2.75, 3.05) is 19.0 Å². The lowest BCUT2D eigenvalue weighted by atomic mass is 10.0. The number of aromatic amines is 1. The first kappa shape index (κ1) is 18.7. The minimum absolute atomic E-state index is 0. The molecule has 0 saturated carbocycles. The Morgan fingerprint density at radius 1 is 1.22 bits per heavy atom. The van der Waals surface area contributed by atoms with E-state index in [1.807, 2.05) is 0 Å². The molecule has 0 aliphatic carbocycles. The fourth-order valence-electron chi connectivity index (χ4n) is 1.89. The van der Waals surface area contributed by atoms with Crippen molar-refractivity contribution in [1.82, 2.24) is 0 Å². The van der Waals surface area contributed by atoms with E-state index in [1.165, 1.54) is 37.6 Å². The van der Waals surface area contributed by atoms with Gasteiger partial charge in [0, 0.05) is 18.7 Å². The highest BCUT2D eigenvalue weighted by atomic mass is 35.5. The number of ketones is 1. The van der Waals surface area contributed by atoms with Crippen LogP contribution in [0.2, 0.25) is 0 Å². The summed E-state index contributed by atoms with van der Waals surface area (Å²) >= 11 is 0. The second-order valence-corrected chi connectivity index (χ2v) is 4.60. The van der Waals surface area contributed by atoms with Gasteiger partial charge < -0.3 is 22.5 Å². The van der Waals surface area contributed by atoms with Gasteiger partial charge in [0.2, 0.25) is 11.7 Å². The molecule has 0 spiro atoms. The fourth-order valence-corrected chi connectivity index (χ4v) is 1.89. The smallest absolute Gasteiger partial charge is 0.226 e. The lowest BCUT2D eigenvalue weighted by molar-refractivity contribution is -0.377. The number of aromatic nitrogens is 1. The van der Waals surface area contributed by atoms with Gasteiger partial charge in [0.1, 0.15) is 11.4 Å². The number of ether oxygens (including phenoxy) is 1. The normalized spacial score (nSPS) is 9.83. The van der Waals surface area contributed by atoms with Crippen LogP contribution < -0.4 is 22.7 Å². The lowest BCUT2D eigenvalue weighted by Gasteiger charge is -2.08. The van der Waals surface area contributed by atoms with Crippen molar-refractivity contribution in [3.63, 3.8) is 0 Å². The zero-order valence-electron chi connectivity index (χ0n) is 12.4. The zero-order valence-corrected chi connectivity index (χ0v) is 13.2. The van der Waals surface area contributed by atoms with Gasteiger partial charge in [-0.05, 0) is 24.3 Å². The molecule has 0 unspecified atom stereocenters. The average Bonchev–Trinajstić information content (AvgIpc) is 2.53. The zero-order chi connectivity index (χ0) is 15.9. The van der Waals surface area contributed by atoms with E-state index in [0.717, 1.165) is 0 Å². The molecule has 1 aromatic carbocycles. The minimum atomic E-state index is -0.413. The quantitative estimate of drug-likeness (QED) is 0.676. The first-order valence-corrected chi connectivity index (χ1v) is 6.71. The summed E-state index contributed by atoms with van der Waals surface area (Å²) in [7, 11) is 1.51. The number of hydrogen-bond donors (Lipinski definition) is 1. The molecule has 7 heteroatoms. The Labute approximate surface area is 139 Å². The van der Waals surface area contributed by atoms with Crippen LogP contribution in [0.1, 0.15) is 22.3 Å². The molecule has 0 aliphatic heterocycles. The summed E-state index contributed by atoms with van der Waals surface area (Å²) in [6.45, 7) is 0.298. The van der Waals surface area contributed by atoms with Crippen LogP contribution >= 0.6 is 0 Å². The number of halogens is 2. The molecule has 5 nitrogen and oxygen atoms in total. The Balaban J connectivity index is 0.00000264. The van der Waals surface area contributed by atoms with Crippen molar-refractivity contribution in [3.8, 4) is 0 Å². The van der Waals surface area contributed by atoms with Crippen LogP contribution in [0.4, 0.5) is 10.1 Å². The molecule has 1 aromatic heterocycles. The maximum absolute atomic E-state index is 12.9. The first-order valence-electron chi connectivity index (χ1n) is 6.71. The number of carbonyl (C=O) groups excluding carboxylic acids is 2. The van der Waals surface area contributed by atoms with Gasteiger partial charge in [0.05, 0.1) is 18.7 Å². The fraction of sp³-hybridized carbons (Fsp3) is 0.188. The average molecular weight is 339 g/mol. The number of rotatable bonds is 6. The molecule has 0 saturated heterocycles. The number of methoxy groups -OCH3 is 1. The van der Waals surface area contributed by atoms with Crippen LogP contribution in [0, 0.1) is 5.82 Å². The summed E-state index contributed by atoms with van der Waals surface area (Å²) in [5.74, 6) is -0.968. The van der Waals surface area contributed by atoms with Crippen LogP contribution in [-0.4, -0.2) is 25.4 Å². The monoisotopic (exact) mass is 338 g/mol. The number of benzene rings is 1. The van der Waals surface area contributed by atoms with Gasteiger partial charge >= 0.3 is 0 Å². The molecule has 2 aromatic rings.